The molecule has 2 N–H and O–H groups in total. The van der Waals surface area contributed by atoms with E-state index in [1.54, 1.807) is 38.2 Å². The van der Waals surface area contributed by atoms with Gasteiger partial charge < -0.3 is 29.5 Å². The number of nitrogen functional groups attached to an aromatic ring is 1. The Morgan fingerprint density at radius 2 is 1.79 bits per heavy atom. The molecule has 10 heteroatoms. The molecule has 1 saturated heterocycles. The van der Waals surface area contributed by atoms with Crippen LogP contribution < -0.4 is 20.1 Å². The zero-order valence-corrected chi connectivity index (χ0v) is 16.5. The molecule has 1 amide bonds. The number of amides is 1. The third-order valence-electron chi connectivity index (χ3n) is 5.05. The largest absolute Gasteiger partial charge is 0.493 e. The Morgan fingerprint density at radius 1 is 1.10 bits per heavy atom. The number of piperazine rings is 1. The number of hydrogen-bond acceptors (Lipinski definition) is 9. The van der Waals surface area contributed by atoms with E-state index in [-0.39, 0.29) is 5.91 Å². The molecule has 4 rings (SSSR count). The minimum atomic E-state index is -0.0841. The molecule has 0 radical (unpaired) electrons. The van der Waals surface area contributed by atoms with E-state index in [0.717, 1.165) is 0 Å². The van der Waals surface area contributed by atoms with Crippen LogP contribution in [0.4, 0.5) is 11.8 Å². The van der Waals surface area contributed by atoms with Crippen molar-refractivity contribution in [2.75, 3.05) is 51.0 Å². The number of hydrogen-bond donors (Lipinski definition) is 1. The van der Waals surface area contributed by atoms with Crippen molar-refractivity contribution >= 4 is 28.6 Å². The molecular weight excluding hydrogens is 376 g/mol. The molecule has 0 aliphatic carbocycles. The van der Waals surface area contributed by atoms with E-state index >= 15 is 0 Å². The van der Waals surface area contributed by atoms with Crippen LogP contribution in [-0.4, -0.2) is 66.3 Å². The molecule has 1 aliphatic rings. The van der Waals surface area contributed by atoms with Crippen LogP contribution in [0, 0.1) is 6.92 Å². The van der Waals surface area contributed by atoms with Crippen molar-refractivity contribution in [1.82, 2.24) is 20.0 Å². The number of ether oxygens (including phenoxy) is 2. The summed E-state index contributed by atoms with van der Waals surface area (Å²) in [5.41, 5.74) is 7.93. The summed E-state index contributed by atoms with van der Waals surface area (Å²) in [5, 5.41) is 4.47. The summed E-state index contributed by atoms with van der Waals surface area (Å²) in [6, 6.07) is 3.55. The van der Waals surface area contributed by atoms with E-state index in [1.807, 2.05) is 4.90 Å². The molecule has 0 atom stereocenters. The third kappa shape index (κ3) is 3.37. The minimum Gasteiger partial charge on any atom is -0.493 e. The first kappa shape index (κ1) is 18.8. The second-order valence-corrected chi connectivity index (χ2v) is 6.73. The molecule has 10 nitrogen and oxygen atoms in total. The smallest absolute Gasteiger partial charge is 0.259 e. The Hall–Kier alpha value is -3.56. The highest BCUT2D eigenvalue weighted by atomic mass is 16.5. The van der Waals surface area contributed by atoms with Crippen molar-refractivity contribution in [3.8, 4) is 11.5 Å². The van der Waals surface area contributed by atoms with Gasteiger partial charge in [-0.2, -0.15) is 4.98 Å². The highest BCUT2D eigenvalue weighted by molar-refractivity contribution is 5.95. The first-order valence-electron chi connectivity index (χ1n) is 9.16. The topological polar surface area (TPSA) is 120 Å². The number of nitrogens with two attached hydrogens (primary N) is 1. The Bertz CT molecular complexity index is 1060. The predicted octanol–water partition coefficient (Wildman–Crippen LogP) is 1.49. The number of methoxy groups -OCH3 is 2. The van der Waals surface area contributed by atoms with Crippen molar-refractivity contribution in [2.24, 2.45) is 0 Å². The van der Waals surface area contributed by atoms with Crippen LogP contribution in [0.2, 0.25) is 0 Å². The maximum absolute atomic E-state index is 12.6. The van der Waals surface area contributed by atoms with Gasteiger partial charge in [0, 0.05) is 37.6 Å². The molecule has 2 aromatic heterocycles. The van der Waals surface area contributed by atoms with Gasteiger partial charge in [-0.1, -0.05) is 5.16 Å². The second kappa shape index (κ2) is 7.46. The fourth-order valence-electron chi connectivity index (χ4n) is 3.39. The van der Waals surface area contributed by atoms with Gasteiger partial charge in [0.05, 0.1) is 25.4 Å². The average Bonchev–Trinajstić information content (AvgIpc) is 3.18. The molecule has 3 aromatic rings. The fourth-order valence-corrected chi connectivity index (χ4v) is 3.39. The molecule has 0 spiro atoms. The number of nitrogens with zero attached hydrogens (tertiary/aromatic N) is 5. The number of benzene rings is 1. The Balaban J connectivity index is 1.55. The molecule has 0 bridgehead atoms. The number of aryl methyl sites for hydroxylation is 1. The summed E-state index contributed by atoms with van der Waals surface area (Å²) in [6.07, 6.45) is 1.39. The van der Waals surface area contributed by atoms with Crippen molar-refractivity contribution < 1.29 is 18.8 Å². The molecule has 1 fully saturated rings. The Kier molecular flexibility index (Phi) is 4.83. The lowest BCUT2D eigenvalue weighted by Crippen LogP contribution is -2.49. The van der Waals surface area contributed by atoms with Crippen molar-refractivity contribution in [3.05, 3.63) is 29.7 Å². The maximum Gasteiger partial charge on any atom is 0.259 e. The van der Waals surface area contributed by atoms with E-state index in [9.17, 15) is 4.79 Å². The summed E-state index contributed by atoms with van der Waals surface area (Å²) in [5.74, 6) is 1.95. The van der Waals surface area contributed by atoms with Crippen LogP contribution in [0.5, 0.6) is 11.5 Å². The molecule has 152 valence electrons. The Morgan fingerprint density at radius 3 is 2.41 bits per heavy atom. The molecule has 1 aromatic carbocycles. The summed E-state index contributed by atoms with van der Waals surface area (Å²) >= 11 is 0. The van der Waals surface area contributed by atoms with Crippen LogP contribution in [0.25, 0.3) is 10.9 Å². The van der Waals surface area contributed by atoms with Crippen LogP contribution in [0.3, 0.4) is 0 Å². The van der Waals surface area contributed by atoms with Gasteiger partial charge in [-0.05, 0) is 13.0 Å². The molecule has 3 heterocycles. The number of anilines is 2. The summed E-state index contributed by atoms with van der Waals surface area (Å²) in [4.78, 5) is 25.5. The number of rotatable bonds is 4. The van der Waals surface area contributed by atoms with Gasteiger partial charge in [-0.3, -0.25) is 4.79 Å². The third-order valence-corrected chi connectivity index (χ3v) is 5.05. The van der Waals surface area contributed by atoms with E-state index in [2.05, 4.69) is 15.1 Å². The summed E-state index contributed by atoms with van der Waals surface area (Å²) < 4.78 is 15.6. The number of carbonyl (C=O) groups excluding carboxylic acids is 1. The van der Waals surface area contributed by atoms with Crippen LogP contribution in [0.15, 0.2) is 22.9 Å². The average molecular weight is 398 g/mol. The zero-order chi connectivity index (χ0) is 20.5. The van der Waals surface area contributed by atoms with E-state index < -0.39 is 0 Å². The van der Waals surface area contributed by atoms with Crippen molar-refractivity contribution in [3.63, 3.8) is 0 Å². The predicted molar refractivity (Wildman–Crippen MR) is 106 cm³/mol. The first-order valence-corrected chi connectivity index (χ1v) is 9.16. The van der Waals surface area contributed by atoms with Gasteiger partial charge in [0.25, 0.3) is 5.91 Å². The van der Waals surface area contributed by atoms with Gasteiger partial charge in [-0.25, -0.2) is 4.98 Å². The van der Waals surface area contributed by atoms with Crippen molar-refractivity contribution in [1.29, 1.82) is 0 Å². The zero-order valence-electron chi connectivity index (χ0n) is 16.5. The molecule has 1 aliphatic heterocycles. The van der Waals surface area contributed by atoms with E-state index in [4.69, 9.17) is 19.7 Å². The van der Waals surface area contributed by atoms with Gasteiger partial charge >= 0.3 is 0 Å². The molecular formula is C19H22N6O4. The number of carbonyl (C=O) groups is 1. The summed E-state index contributed by atoms with van der Waals surface area (Å²) in [6.45, 7) is 4.01. The first-order chi connectivity index (χ1) is 14.0. The van der Waals surface area contributed by atoms with Crippen LogP contribution in [-0.2, 0) is 0 Å². The second-order valence-electron chi connectivity index (χ2n) is 6.73. The fraction of sp³-hybridized carbons (Fsp3) is 0.368. The highest BCUT2D eigenvalue weighted by Crippen LogP contribution is 2.34. The van der Waals surface area contributed by atoms with Gasteiger partial charge in [0.1, 0.15) is 17.6 Å². The lowest BCUT2D eigenvalue weighted by atomic mass is 10.2. The van der Waals surface area contributed by atoms with Crippen molar-refractivity contribution in [2.45, 2.75) is 6.92 Å². The van der Waals surface area contributed by atoms with Crippen LogP contribution >= 0.6 is 0 Å². The van der Waals surface area contributed by atoms with Gasteiger partial charge in [0.2, 0.25) is 5.95 Å². The number of aromatic nitrogens is 3. The Labute approximate surface area is 167 Å². The number of fused-ring (bicyclic) bond motifs is 1. The monoisotopic (exact) mass is 398 g/mol. The van der Waals surface area contributed by atoms with Gasteiger partial charge in [-0.15, -0.1) is 0 Å². The maximum atomic E-state index is 12.6. The molecule has 29 heavy (non-hydrogen) atoms. The van der Waals surface area contributed by atoms with Crippen LogP contribution in [0.1, 0.15) is 16.1 Å². The molecule has 0 saturated carbocycles. The van der Waals surface area contributed by atoms with Gasteiger partial charge in [0.15, 0.2) is 11.5 Å². The SMILES string of the molecule is COc1cc2nc(N3CCN(C(=O)c4conc4C)CC3)nc(N)c2cc1OC. The van der Waals surface area contributed by atoms with E-state index in [1.165, 1.54) is 6.26 Å². The standard InChI is InChI=1S/C19H22N6O4/c1-11-13(10-29-23-11)18(26)24-4-6-25(7-5-24)19-21-14-9-16(28-3)15(27-2)8-12(14)17(20)22-19/h8-10H,4-7H2,1-3H3,(H2,20,21,22). The lowest BCUT2D eigenvalue weighted by Gasteiger charge is -2.34. The quantitative estimate of drug-likeness (QED) is 0.697. The lowest BCUT2D eigenvalue weighted by molar-refractivity contribution is 0.0745. The normalized spacial score (nSPS) is 14.3. The highest BCUT2D eigenvalue weighted by Gasteiger charge is 2.26. The van der Waals surface area contributed by atoms with E-state index in [0.29, 0.717) is 71.6 Å². The summed E-state index contributed by atoms with van der Waals surface area (Å²) in [7, 11) is 3.14. The minimum absolute atomic E-state index is 0.0841. The molecule has 0 unspecified atom stereocenters.